The number of benzene rings is 1. The molecule has 100 valence electrons. The number of nitro benzene ring substituents is 1. The lowest BCUT2D eigenvalue weighted by Crippen LogP contribution is -2.06. The van der Waals surface area contributed by atoms with Gasteiger partial charge in [0, 0.05) is 24.2 Å². The quantitative estimate of drug-likeness (QED) is 0.625. The summed E-state index contributed by atoms with van der Waals surface area (Å²) in [4.78, 5) is 10.5. The molecule has 0 unspecified atom stereocenters. The first-order valence-electron chi connectivity index (χ1n) is 6.12. The molecule has 0 fully saturated rings. The van der Waals surface area contributed by atoms with Crippen molar-refractivity contribution in [3.63, 3.8) is 0 Å². The molecule has 1 heterocycles. The Labute approximate surface area is 111 Å². The van der Waals surface area contributed by atoms with Gasteiger partial charge >= 0.3 is 0 Å². The Morgan fingerprint density at radius 2 is 2.16 bits per heavy atom. The molecule has 1 aromatic carbocycles. The van der Waals surface area contributed by atoms with E-state index in [0.29, 0.717) is 11.7 Å². The highest BCUT2D eigenvalue weighted by molar-refractivity contribution is 5.63. The van der Waals surface area contributed by atoms with Crippen LogP contribution in [0.4, 0.5) is 5.69 Å². The molecule has 0 saturated heterocycles. The van der Waals surface area contributed by atoms with Crippen LogP contribution in [0.1, 0.15) is 19.4 Å². The van der Waals surface area contributed by atoms with Crippen LogP contribution in [0.3, 0.4) is 0 Å². The number of aryl methyl sites for hydroxylation is 1. The molecule has 1 aromatic heterocycles. The van der Waals surface area contributed by atoms with Crippen molar-refractivity contribution in [2.24, 2.45) is 5.92 Å². The van der Waals surface area contributed by atoms with E-state index in [1.807, 2.05) is 11.5 Å². The monoisotopic (exact) mass is 260 g/mol. The van der Waals surface area contributed by atoms with Gasteiger partial charge in [-0.25, -0.2) is 0 Å². The smallest absolute Gasteiger partial charge is 0.270 e. The summed E-state index contributed by atoms with van der Waals surface area (Å²) < 4.78 is 1.93. The first kappa shape index (κ1) is 13.2. The molecular formula is C13H16N4O2. The highest BCUT2D eigenvalue weighted by Crippen LogP contribution is 2.26. The minimum atomic E-state index is -0.397. The Morgan fingerprint density at radius 1 is 1.42 bits per heavy atom. The second-order valence-corrected chi connectivity index (χ2v) is 4.96. The Balaban J connectivity index is 2.49. The molecule has 19 heavy (non-hydrogen) atoms. The second kappa shape index (κ2) is 5.17. The van der Waals surface area contributed by atoms with Gasteiger partial charge in [-0.05, 0) is 18.4 Å². The first-order valence-corrected chi connectivity index (χ1v) is 6.12. The number of rotatable bonds is 4. The lowest BCUT2D eigenvalue weighted by atomic mass is 10.1. The zero-order valence-electron chi connectivity index (χ0n) is 11.2. The Kier molecular flexibility index (Phi) is 3.59. The summed E-state index contributed by atoms with van der Waals surface area (Å²) in [5.74, 6) is 1.13. The van der Waals surface area contributed by atoms with E-state index < -0.39 is 4.92 Å². The minimum absolute atomic E-state index is 0.0692. The third-order valence-electron chi connectivity index (χ3n) is 2.85. The fraction of sp³-hybridized carbons (Fsp3) is 0.385. The maximum absolute atomic E-state index is 10.9. The van der Waals surface area contributed by atoms with E-state index in [-0.39, 0.29) is 5.69 Å². The first-order chi connectivity index (χ1) is 8.99. The largest absolute Gasteiger partial charge is 0.313 e. The van der Waals surface area contributed by atoms with Crippen LogP contribution < -0.4 is 0 Å². The van der Waals surface area contributed by atoms with Crippen molar-refractivity contribution in [3.05, 3.63) is 40.2 Å². The van der Waals surface area contributed by atoms with E-state index in [9.17, 15) is 10.1 Å². The van der Waals surface area contributed by atoms with Gasteiger partial charge in [-0.3, -0.25) is 10.1 Å². The molecule has 0 atom stereocenters. The lowest BCUT2D eigenvalue weighted by Gasteiger charge is -2.10. The van der Waals surface area contributed by atoms with Gasteiger partial charge in [0.1, 0.15) is 6.33 Å². The number of aromatic nitrogens is 3. The summed E-state index contributed by atoms with van der Waals surface area (Å²) in [5, 5.41) is 18.9. The molecule has 0 spiro atoms. The molecule has 6 nitrogen and oxygen atoms in total. The molecule has 0 bridgehead atoms. The predicted molar refractivity (Wildman–Crippen MR) is 71.7 cm³/mol. The van der Waals surface area contributed by atoms with E-state index >= 15 is 0 Å². The average molecular weight is 260 g/mol. The maximum atomic E-state index is 10.9. The van der Waals surface area contributed by atoms with Crippen molar-refractivity contribution in [2.45, 2.75) is 27.3 Å². The predicted octanol–water partition coefficient (Wildman–Crippen LogP) is 2.82. The fourth-order valence-electron chi connectivity index (χ4n) is 1.96. The third kappa shape index (κ3) is 2.78. The fourth-order valence-corrected chi connectivity index (χ4v) is 1.96. The van der Waals surface area contributed by atoms with Gasteiger partial charge in [0.25, 0.3) is 5.69 Å². The van der Waals surface area contributed by atoms with Crippen LogP contribution >= 0.6 is 0 Å². The summed E-state index contributed by atoms with van der Waals surface area (Å²) in [6.07, 6.45) is 1.66. The van der Waals surface area contributed by atoms with Gasteiger partial charge < -0.3 is 4.57 Å². The summed E-state index contributed by atoms with van der Waals surface area (Å²) in [6.45, 7) is 6.89. The minimum Gasteiger partial charge on any atom is -0.313 e. The Morgan fingerprint density at radius 3 is 2.79 bits per heavy atom. The van der Waals surface area contributed by atoms with Gasteiger partial charge in [-0.2, -0.15) is 0 Å². The normalized spacial score (nSPS) is 10.9. The third-order valence-corrected chi connectivity index (χ3v) is 2.85. The Bertz CT molecular complexity index is 604. The van der Waals surface area contributed by atoms with Crippen LogP contribution in [0, 0.1) is 23.0 Å². The number of nitro groups is 1. The lowest BCUT2D eigenvalue weighted by molar-refractivity contribution is -0.384. The van der Waals surface area contributed by atoms with E-state index in [4.69, 9.17) is 0 Å². The van der Waals surface area contributed by atoms with E-state index in [0.717, 1.165) is 17.7 Å². The highest BCUT2D eigenvalue weighted by atomic mass is 16.6. The van der Waals surface area contributed by atoms with Crippen molar-refractivity contribution < 1.29 is 4.92 Å². The number of nitrogens with zero attached hydrogens (tertiary/aromatic N) is 4. The van der Waals surface area contributed by atoms with Crippen LogP contribution in [0.5, 0.6) is 0 Å². The molecule has 2 rings (SSSR count). The molecule has 0 aliphatic carbocycles. The maximum Gasteiger partial charge on any atom is 0.270 e. The number of hydrogen-bond donors (Lipinski definition) is 0. The van der Waals surface area contributed by atoms with Crippen LogP contribution in [-0.2, 0) is 6.54 Å². The van der Waals surface area contributed by atoms with E-state index in [1.54, 1.807) is 18.5 Å². The zero-order chi connectivity index (χ0) is 14.0. The van der Waals surface area contributed by atoms with Gasteiger partial charge in [-0.1, -0.05) is 19.9 Å². The van der Waals surface area contributed by atoms with Crippen LogP contribution in [-0.4, -0.2) is 19.7 Å². The van der Waals surface area contributed by atoms with Crippen LogP contribution in [0.25, 0.3) is 11.4 Å². The highest BCUT2D eigenvalue weighted by Gasteiger charge is 2.15. The zero-order valence-corrected chi connectivity index (χ0v) is 11.2. The van der Waals surface area contributed by atoms with Gasteiger partial charge in [0.05, 0.1) is 4.92 Å². The molecule has 2 aromatic rings. The van der Waals surface area contributed by atoms with E-state index in [1.165, 1.54) is 6.07 Å². The summed E-state index contributed by atoms with van der Waals surface area (Å²) in [7, 11) is 0. The van der Waals surface area contributed by atoms with Gasteiger partial charge in [-0.15, -0.1) is 10.2 Å². The van der Waals surface area contributed by atoms with Crippen molar-refractivity contribution >= 4 is 5.69 Å². The van der Waals surface area contributed by atoms with Crippen molar-refractivity contribution in [1.82, 2.24) is 14.8 Å². The molecule has 0 aliphatic heterocycles. The number of hydrogen-bond acceptors (Lipinski definition) is 4. The molecule has 0 aliphatic rings. The molecule has 0 amide bonds. The average Bonchev–Trinajstić information content (AvgIpc) is 2.76. The summed E-state index contributed by atoms with van der Waals surface area (Å²) in [5.41, 5.74) is 1.77. The second-order valence-electron chi connectivity index (χ2n) is 4.96. The van der Waals surface area contributed by atoms with Crippen LogP contribution in [0.15, 0.2) is 24.5 Å². The molecule has 0 radical (unpaired) electrons. The van der Waals surface area contributed by atoms with E-state index in [2.05, 4.69) is 24.0 Å². The SMILES string of the molecule is Cc1ccc([N+](=O)[O-])cc1-c1nncn1CC(C)C. The van der Waals surface area contributed by atoms with Crippen molar-refractivity contribution in [3.8, 4) is 11.4 Å². The Hall–Kier alpha value is -2.24. The topological polar surface area (TPSA) is 73.8 Å². The molecule has 0 saturated carbocycles. The summed E-state index contributed by atoms with van der Waals surface area (Å²) >= 11 is 0. The molecule has 0 N–H and O–H groups in total. The van der Waals surface area contributed by atoms with Crippen molar-refractivity contribution in [2.75, 3.05) is 0 Å². The van der Waals surface area contributed by atoms with Gasteiger partial charge in [0.2, 0.25) is 0 Å². The van der Waals surface area contributed by atoms with Crippen LogP contribution in [0.2, 0.25) is 0 Å². The number of non-ortho nitro benzene ring substituents is 1. The summed E-state index contributed by atoms with van der Waals surface area (Å²) in [6, 6.07) is 4.79. The molecular weight excluding hydrogens is 244 g/mol. The standard InChI is InChI=1S/C13H16N4O2/c1-9(2)7-16-8-14-15-13(16)12-6-11(17(18)19)5-4-10(12)3/h4-6,8-9H,7H2,1-3H3. The van der Waals surface area contributed by atoms with Crippen molar-refractivity contribution in [1.29, 1.82) is 0 Å². The molecule has 6 heteroatoms. The van der Waals surface area contributed by atoms with Gasteiger partial charge in [0.15, 0.2) is 5.82 Å².